The van der Waals surface area contributed by atoms with Gasteiger partial charge in [-0.25, -0.2) is 4.98 Å². The third-order valence-electron chi connectivity index (χ3n) is 3.17. The highest BCUT2D eigenvalue weighted by atomic mass is 35.5. The largest absolute Gasteiger partial charge is 0.383 e. The third kappa shape index (κ3) is 3.16. The Balaban J connectivity index is 1.85. The van der Waals surface area contributed by atoms with E-state index in [1.165, 1.54) is 0 Å². The molecule has 2 aromatic carbocycles. The van der Waals surface area contributed by atoms with Crippen molar-refractivity contribution in [3.8, 4) is 0 Å². The maximum absolute atomic E-state index is 5.98. The molecular weight excluding hydrogens is 321 g/mol. The first-order chi connectivity index (χ1) is 10.5. The number of benzene rings is 2. The summed E-state index contributed by atoms with van der Waals surface area (Å²) in [5.41, 5.74) is 14.1. The molecule has 0 aliphatic carbocycles. The molecule has 1 heterocycles. The summed E-state index contributed by atoms with van der Waals surface area (Å²) in [4.78, 5) is 8.12. The molecule has 0 bridgehead atoms. The summed E-state index contributed by atoms with van der Waals surface area (Å²) in [5.74, 6) is 0.541. The molecule has 1 aromatic heterocycles. The number of nitrogen functional groups attached to an aromatic ring is 2. The standard InChI is InChI=1S/C15H13Cl2N5/c16-9-4-10(17)6-11(5-9)20-7-8-1-2-13-12(3-8)14(18)22-15(19)21-13/h1-6,20H,7H2,(H4,18,19,21,22). The lowest BCUT2D eigenvalue weighted by molar-refractivity contribution is 1.15. The van der Waals surface area contributed by atoms with Gasteiger partial charge in [0.15, 0.2) is 0 Å². The predicted molar refractivity (Wildman–Crippen MR) is 92.2 cm³/mol. The van der Waals surface area contributed by atoms with Crippen LogP contribution in [0.4, 0.5) is 17.5 Å². The molecule has 3 aromatic rings. The van der Waals surface area contributed by atoms with Gasteiger partial charge in [-0.1, -0.05) is 29.3 Å². The van der Waals surface area contributed by atoms with Crippen LogP contribution in [0.15, 0.2) is 36.4 Å². The first-order valence-electron chi connectivity index (χ1n) is 6.53. The molecule has 7 heteroatoms. The van der Waals surface area contributed by atoms with Gasteiger partial charge in [-0.15, -0.1) is 0 Å². The second-order valence-corrected chi connectivity index (χ2v) is 5.70. The lowest BCUT2D eigenvalue weighted by Gasteiger charge is -2.09. The van der Waals surface area contributed by atoms with Gasteiger partial charge in [0, 0.05) is 27.7 Å². The van der Waals surface area contributed by atoms with Crippen molar-refractivity contribution in [3.63, 3.8) is 0 Å². The van der Waals surface area contributed by atoms with Crippen LogP contribution in [0.2, 0.25) is 10.0 Å². The molecule has 112 valence electrons. The summed E-state index contributed by atoms with van der Waals surface area (Å²) in [6.07, 6.45) is 0. The van der Waals surface area contributed by atoms with Crippen molar-refractivity contribution in [2.75, 3.05) is 16.8 Å². The summed E-state index contributed by atoms with van der Waals surface area (Å²) in [5, 5.41) is 5.21. The zero-order chi connectivity index (χ0) is 15.7. The number of fused-ring (bicyclic) bond motifs is 1. The lowest BCUT2D eigenvalue weighted by Crippen LogP contribution is -2.03. The number of nitrogens with two attached hydrogens (primary N) is 2. The molecule has 0 aliphatic heterocycles. The zero-order valence-corrected chi connectivity index (χ0v) is 13.0. The van der Waals surface area contributed by atoms with Crippen LogP contribution in [0.1, 0.15) is 5.56 Å². The van der Waals surface area contributed by atoms with Crippen molar-refractivity contribution in [2.24, 2.45) is 0 Å². The summed E-state index contributed by atoms with van der Waals surface area (Å²) in [7, 11) is 0. The van der Waals surface area contributed by atoms with E-state index in [9.17, 15) is 0 Å². The molecule has 0 unspecified atom stereocenters. The van der Waals surface area contributed by atoms with Crippen molar-refractivity contribution in [1.29, 1.82) is 0 Å². The Labute approximate surface area is 137 Å². The van der Waals surface area contributed by atoms with Crippen LogP contribution >= 0.6 is 23.2 Å². The molecule has 5 nitrogen and oxygen atoms in total. The van der Waals surface area contributed by atoms with Crippen LogP contribution in [0.5, 0.6) is 0 Å². The number of nitrogens with one attached hydrogen (secondary N) is 1. The van der Waals surface area contributed by atoms with Crippen LogP contribution in [-0.4, -0.2) is 9.97 Å². The molecular formula is C15H13Cl2N5. The van der Waals surface area contributed by atoms with E-state index in [1.807, 2.05) is 30.3 Å². The Morgan fingerprint density at radius 2 is 1.68 bits per heavy atom. The molecule has 0 aliphatic rings. The highest BCUT2D eigenvalue weighted by Crippen LogP contribution is 2.24. The van der Waals surface area contributed by atoms with Gasteiger partial charge in [0.1, 0.15) is 5.82 Å². The minimum absolute atomic E-state index is 0.171. The predicted octanol–water partition coefficient (Wildman–Crippen LogP) is 3.71. The Morgan fingerprint density at radius 1 is 0.955 bits per heavy atom. The maximum Gasteiger partial charge on any atom is 0.222 e. The van der Waals surface area contributed by atoms with Crippen molar-refractivity contribution < 1.29 is 0 Å². The molecule has 0 atom stereocenters. The van der Waals surface area contributed by atoms with Crippen molar-refractivity contribution in [3.05, 3.63) is 52.0 Å². The highest BCUT2D eigenvalue weighted by Gasteiger charge is 2.05. The summed E-state index contributed by atoms with van der Waals surface area (Å²) >= 11 is 12.0. The summed E-state index contributed by atoms with van der Waals surface area (Å²) < 4.78 is 0. The molecule has 3 rings (SSSR count). The van der Waals surface area contributed by atoms with E-state index in [4.69, 9.17) is 34.7 Å². The van der Waals surface area contributed by atoms with Gasteiger partial charge >= 0.3 is 0 Å². The average molecular weight is 334 g/mol. The van der Waals surface area contributed by atoms with E-state index in [0.717, 1.165) is 22.2 Å². The minimum Gasteiger partial charge on any atom is -0.383 e. The van der Waals surface area contributed by atoms with E-state index in [-0.39, 0.29) is 5.95 Å². The molecule has 5 N–H and O–H groups in total. The maximum atomic E-state index is 5.98. The topological polar surface area (TPSA) is 89.8 Å². The molecule has 22 heavy (non-hydrogen) atoms. The Hall–Kier alpha value is -2.24. The number of nitrogens with zero attached hydrogens (tertiary/aromatic N) is 2. The van der Waals surface area contributed by atoms with E-state index in [0.29, 0.717) is 22.4 Å². The highest BCUT2D eigenvalue weighted by molar-refractivity contribution is 6.35. The number of halogens is 2. The van der Waals surface area contributed by atoms with Gasteiger partial charge in [-0.3, -0.25) is 0 Å². The Bertz CT molecular complexity index is 830. The molecule has 0 saturated heterocycles. The SMILES string of the molecule is Nc1nc(N)c2cc(CNc3cc(Cl)cc(Cl)c3)ccc2n1. The lowest BCUT2D eigenvalue weighted by atomic mass is 10.1. The molecule has 0 spiro atoms. The molecule has 0 amide bonds. The molecule has 0 fully saturated rings. The second-order valence-electron chi connectivity index (χ2n) is 4.83. The average Bonchev–Trinajstić information content (AvgIpc) is 2.44. The number of hydrogen-bond acceptors (Lipinski definition) is 5. The van der Waals surface area contributed by atoms with E-state index >= 15 is 0 Å². The van der Waals surface area contributed by atoms with Crippen molar-refractivity contribution in [1.82, 2.24) is 9.97 Å². The number of aromatic nitrogens is 2. The fourth-order valence-electron chi connectivity index (χ4n) is 2.19. The van der Waals surface area contributed by atoms with Gasteiger partial charge < -0.3 is 16.8 Å². The fraction of sp³-hybridized carbons (Fsp3) is 0.0667. The Kier molecular flexibility index (Phi) is 3.92. The molecule has 0 saturated carbocycles. The van der Waals surface area contributed by atoms with Gasteiger partial charge in [-0.2, -0.15) is 4.98 Å². The third-order valence-corrected chi connectivity index (χ3v) is 3.60. The van der Waals surface area contributed by atoms with Crippen LogP contribution in [0.25, 0.3) is 10.9 Å². The first kappa shape index (κ1) is 14.7. The summed E-state index contributed by atoms with van der Waals surface area (Å²) in [6, 6.07) is 11.1. The quantitative estimate of drug-likeness (QED) is 0.679. The number of rotatable bonds is 3. The van der Waals surface area contributed by atoms with Crippen LogP contribution < -0.4 is 16.8 Å². The smallest absolute Gasteiger partial charge is 0.222 e. The van der Waals surface area contributed by atoms with Crippen LogP contribution in [-0.2, 0) is 6.54 Å². The van der Waals surface area contributed by atoms with Crippen LogP contribution in [0.3, 0.4) is 0 Å². The number of hydrogen-bond donors (Lipinski definition) is 3. The van der Waals surface area contributed by atoms with Gasteiger partial charge in [0.05, 0.1) is 5.52 Å². The van der Waals surface area contributed by atoms with E-state index < -0.39 is 0 Å². The van der Waals surface area contributed by atoms with E-state index in [1.54, 1.807) is 6.07 Å². The monoisotopic (exact) mass is 333 g/mol. The second kappa shape index (κ2) is 5.87. The summed E-state index contributed by atoms with van der Waals surface area (Å²) in [6.45, 7) is 0.594. The first-order valence-corrected chi connectivity index (χ1v) is 7.28. The van der Waals surface area contributed by atoms with Gasteiger partial charge in [0.25, 0.3) is 0 Å². The van der Waals surface area contributed by atoms with Gasteiger partial charge in [0.2, 0.25) is 5.95 Å². The van der Waals surface area contributed by atoms with Crippen molar-refractivity contribution in [2.45, 2.75) is 6.54 Å². The molecule has 0 radical (unpaired) electrons. The van der Waals surface area contributed by atoms with E-state index in [2.05, 4.69) is 15.3 Å². The normalized spacial score (nSPS) is 10.8. The minimum atomic E-state index is 0.171. The van der Waals surface area contributed by atoms with Gasteiger partial charge in [-0.05, 0) is 35.9 Å². The fourth-order valence-corrected chi connectivity index (χ4v) is 2.71. The zero-order valence-electron chi connectivity index (χ0n) is 11.5. The Morgan fingerprint density at radius 3 is 2.41 bits per heavy atom. The van der Waals surface area contributed by atoms with Crippen LogP contribution in [0, 0.1) is 0 Å². The number of anilines is 3. The van der Waals surface area contributed by atoms with Crippen molar-refractivity contribution >= 4 is 51.6 Å².